The maximum atomic E-state index is 12.2. The molecule has 0 saturated carbocycles. The molecule has 1 N–H and O–H groups in total. The van der Waals surface area contributed by atoms with Gasteiger partial charge in [-0.2, -0.15) is 5.10 Å². The van der Waals surface area contributed by atoms with Crippen LogP contribution >= 0.6 is 0 Å². The predicted molar refractivity (Wildman–Crippen MR) is 72.9 cm³/mol. The van der Waals surface area contributed by atoms with E-state index in [0.29, 0.717) is 5.69 Å². The summed E-state index contributed by atoms with van der Waals surface area (Å²) >= 11 is 0. The number of amides is 1. The van der Waals surface area contributed by atoms with Gasteiger partial charge >= 0.3 is 0 Å². The molecule has 1 aliphatic rings. The van der Waals surface area contributed by atoms with Gasteiger partial charge in [-0.25, -0.2) is 9.31 Å². The molecule has 2 heterocycles. The molecule has 0 fully saturated rings. The highest BCUT2D eigenvalue weighted by Crippen LogP contribution is 2.18. The Hall–Kier alpha value is -2.51. The van der Waals surface area contributed by atoms with Crippen molar-refractivity contribution < 1.29 is 9.42 Å². The maximum Gasteiger partial charge on any atom is 0.267 e. The number of nitrogens with one attached hydrogen (secondary N) is 1. The summed E-state index contributed by atoms with van der Waals surface area (Å²) in [6, 6.07) is 0.835. The van der Waals surface area contributed by atoms with E-state index in [0.717, 1.165) is 30.5 Å². The molecule has 1 unspecified atom stereocenters. The number of hydrogen-bond donors (Lipinski definition) is 1. The summed E-state index contributed by atoms with van der Waals surface area (Å²) in [7, 11) is 0. The van der Waals surface area contributed by atoms with E-state index in [9.17, 15) is 9.59 Å². The number of aryl methyl sites for hydroxylation is 3. The van der Waals surface area contributed by atoms with Gasteiger partial charge in [-0.1, -0.05) is 5.16 Å². The monoisotopic (exact) mass is 289 g/mol. The standard InChI is InChI=1S/C13H15N5O3/c1-7-12(17-21-16-7)14-13(20)8(2)18-11(19)6-9-4-3-5-10(9)15-18/h6,8H,3-5H2,1-2H3,(H,14,17,20). The van der Waals surface area contributed by atoms with Crippen LogP contribution in [0.5, 0.6) is 0 Å². The van der Waals surface area contributed by atoms with Crippen molar-refractivity contribution in [1.29, 1.82) is 0 Å². The number of nitrogens with zero attached hydrogens (tertiary/aromatic N) is 4. The Labute approximate surface area is 120 Å². The molecule has 3 rings (SSSR count). The molecule has 0 bridgehead atoms. The number of fused-ring (bicyclic) bond motifs is 1. The molecule has 0 spiro atoms. The van der Waals surface area contributed by atoms with E-state index in [4.69, 9.17) is 0 Å². The zero-order valence-corrected chi connectivity index (χ0v) is 11.8. The number of anilines is 1. The molecule has 2 aromatic heterocycles. The molecular formula is C13H15N5O3. The first-order valence-electron chi connectivity index (χ1n) is 6.78. The zero-order chi connectivity index (χ0) is 15.0. The Kier molecular flexibility index (Phi) is 3.28. The molecule has 0 saturated heterocycles. The van der Waals surface area contributed by atoms with Gasteiger partial charge in [-0.15, -0.1) is 0 Å². The van der Waals surface area contributed by atoms with Gasteiger partial charge in [0, 0.05) is 6.07 Å². The smallest absolute Gasteiger partial charge is 0.267 e. The van der Waals surface area contributed by atoms with Gasteiger partial charge in [0.2, 0.25) is 5.91 Å². The normalized spacial score (nSPS) is 14.8. The largest absolute Gasteiger partial charge is 0.304 e. The number of aromatic nitrogens is 4. The molecule has 2 aromatic rings. The van der Waals surface area contributed by atoms with Gasteiger partial charge in [-0.05, 0) is 43.8 Å². The second-order valence-electron chi connectivity index (χ2n) is 5.12. The topological polar surface area (TPSA) is 103 Å². The van der Waals surface area contributed by atoms with Crippen molar-refractivity contribution in [3.05, 3.63) is 33.4 Å². The predicted octanol–water partition coefficient (Wildman–Crippen LogP) is 0.623. The Morgan fingerprint density at radius 2 is 2.24 bits per heavy atom. The van der Waals surface area contributed by atoms with E-state index in [2.05, 4.69) is 25.4 Å². The fourth-order valence-corrected chi connectivity index (χ4v) is 2.37. The van der Waals surface area contributed by atoms with E-state index < -0.39 is 6.04 Å². The van der Waals surface area contributed by atoms with E-state index in [1.54, 1.807) is 19.9 Å². The minimum Gasteiger partial charge on any atom is -0.304 e. The van der Waals surface area contributed by atoms with Gasteiger partial charge < -0.3 is 5.32 Å². The number of carbonyl (C=O) groups is 1. The Morgan fingerprint density at radius 3 is 2.95 bits per heavy atom. The van der Waals surface area contributed by atoms with Crippen LogP contribution in [0, 0.1) is 6.92 Å². The quantitative estimate of drug-likeness (QED) is 0.888. The molecule has 8 nitrogen and oxygen atoms in total. The summed E-state index contributed by atoms with van der Waals surface area (Å²) in [5.74, 6) is -0.137. The van der Waals surface area contributed by atoms with Crippen molar-refractivity contribution >= 4 is 11.7 Å². The third kappa shape index (κ3) is 2.44. The lowest BCUT2D eigenvalue weighted by atomic mass is 10.2. The van der Waals surface area contributed by atoms with Crippen molar-refractivity contribution in [1.82, 2.24) is 20.1 Å². The third-order valence-corrected chi connectivity index (χ3v) is 3.62. The molecule has 1 aliphatic carbocycles. The van der Waals surface area contributed by atoms with Crippen molar-refractivity contribution in [2.75, 3.05) is 5.32 Å². The van der Waals surface area contributed by atoms with Crippen LogP contribution in [0.15, 0.2) is 15.5 Å². The molecule has 8 heteroatoms. The van der Waals surface area contributed by atoms with Crippen LogP contribution in [0.3, 0.4) is 0 Å². The summed E-state index contributed by atoms with van der Waals surface area (Å²) < 4.78 is 5.73. The van der Waals surface area contributed by atoms with Crippen molar-refractivity contribution in [2.24, 2.45) is 0 Å². The minimum atomic E-state index is -0.737. The van der Waals surface area contributed by atoms with Crippen molar-refractivity contribution in [3.8, 4) is 0 Å². The van der Waals surface area contributed by atoms with Gasteiger partial charge in [0.15, 0.2) is 5.82 Å². The fourth-order valence-electron chi connectivity index (χ4n) is 2.37. The highest BCUT2D eigenvalue weighted by Gasteiger charge is 2.22. The summed E-state index contributed by atoms with van der Waals surface area (Å²) in [6.07, 6.45) is 2.72. The molecule has 1 amide bonds. The maximum absolute atomic E-state index is 12.2. The number of carbonyl (C=O) groups excluding carboxylic acids is 1. The van der Waals surface area contributed by atoms with E-state index in [-0.39, 0.29) is 17.3 Å². The first-order chi connectivity index (χ1) is 10.1. The highest BCUT2D eigenvalue weighted by molar-refractivity contribution is 5.92. The highest BCUT2D eigenvalue weighted by atomic mass is 16.6. The zero-order valence-electron chi connectivity index (χ0n) is 11.8. The minimum absolute atomic E-state index is 0.251. The second-order valence-corrected chi connectivity index (χ2v) is 5.12. The van der Waals surface area contributed by atoms with Gasteiger partial charge in [0.25, 0.3) is 5.56 Å². The summed E-state index contributed by atoms with van der Waals surface area (Å²) in [5, 5.41) is 14.1. The van der Waals surface area contributed by atoms with Crippen molar-refractivity contribution in [2.45, 2.75) is 39.2 Å². The number of hydrogen-bond acceptors (Lipinski definition) is 6. The third-order valence-electron chi connectivity index (χ3n) is 3.62. The Balaban J connectivity index is 1.85. The van der Waals surface area contributed by atoms with E-state index >= 15 is 0 Å². The van der Waals surface area contributed by atoms with Crippen molar-refractivity contribution in [3.63, 3.8) is 0 Å². The van der Waals surface area contributed by atoms with Gasteiger partial charge in [-0.3, -0.25) is 9.59 Å². The molecule has 0 radical (unpaired) electrons. The number of rotatable bonds is 3. The van der Waals surface area contributed by atoms with Crippen LogP contribution in [-0.4, -0.2) is 26.0 Å². The molecule has 0 aromatic carbocycles. The summed E-state index contributed by atoms with van der Waals surface area (Å²) in [6.45, 7) is 3.28. The summed E-state index contributed by atoms with van der Waals surface area (Å²) in [4.78, 5) is 24.3. The average molecular weight is 289 g/mol. The lowest BCUT2D eigenvalue weighted by Crippen LogP contribution is -2.34. The van der Waals surface area contributed by atoms with Crippen LogP contribution in [0.2, 0.25) is 0 Å². The summed E-state index contributed by atoms with van der Waals surface area (Å²) in [5.41, 5.74) is 2.09. The lowest BCUT2D eigenvalue weighted by Gasteiger charge is -2.14. The SMILES string of the molecule is Cc1nonc1NC(=O)C(C)n1nc2c(cc1=O)CCC2. The molecule has 1 atom stereocenters. The fraction of sp³-hybridized carbons (Fsp3) is 0.462. The molecule has 110 valence electrons. The van der Waals surface area contributed by atoms with E-state index in [1.165, 1.54) is 4.68 Å². The molecular weight excluding hydrogens is 274 g/mol. The first-order valence-corrected chi connectivity index (χ1v) is 6.78. The van der Waals surface area contributed by atoms with Crippen LogP contribution in [0.1, 0.15) is 36.3 Å². The lowest BCUT2D eigenvalue weighted by molar-refractivity contribution is -0.119. The molecule has 21 heavy (non-hydrogen) atoms. The Morgan fingerprint density at radius 1 is 1.43 bits per heavy atom. The van der Waals surface area contributed by atoms with Gasteiger partial charge in [0.05, 0.1) is 5.69 Å². The first kappa shape index (κ1) is 13.5. The van der Waals surface area contributed by atoms with Crippen LogP contribution < -0.4 is 10.9 Å². The second kappa shape index (κ2) is 5.12. The van der Waals surface area contributed by atoms with Crippen LogP contribution in [0.4, 0.5) is 5.82 Å². The van der Waals surface area contributed by atoms with Gasteiger partial charge in [0.1, 0.15) is 11.7 Å². The average Bonchev–Trinajstić information content (AvgIpc) is 3.06. The van der Waals surface area contributed by atoms with Crippen LogP contribution in [0.25, 0.3) is 0 Å². The molecule has 0 aliphatic heterocycles. The Bertz CT molecular complexity index is 749. The van der Waals surface area contributed by atoms with Crippen LogP contribution in [-0.2, 0) is 17.6 Å². The van der Waals surface area contributed by atoms with E-state index in [1.807, 2.05) is 0 Å².